The van der Waals surface area contributed by atoms with Crippen molar-refractivity contribution in [3.05, 3.63) is 66.0 Å². The summed E-state index contributed by atoms with van der Waals surface area (Å²) >= 11 is 0. The van der Waals surface area contributed by atoms with Crippen LogP contribution in [0.4, 0.5) is 13.2 Å². The van der Waals surface area contributed by atoms with Crippen molar-refractivity contribution in [3.63, 3.8) is 0 Å². The predicted molar refractivity (Wildman–Crippen MR) is 107 cm³/mol. The first-order valence-corrected chi connectivity index (χ1v) is 10.1. The second-order valence-electron chi connectivity index (χ2n) is 7.50. The lowest BCUT2D eigenvalue weighted by molar-refractivity contribution is 0.311. The zero-order chi connectivity index (χ0) is 20.1. The molecular weight excluding hydrogens is 361 g/mol. The van der Waals surface area contributed by atoms with Gasteiger partial charge in [0.15, 0.2) is 11.6 Å². The Morgan fingerprint density at radius 2 is 1.71 bits per heavy atom. The van der Waals surface area contributed by atoms with Crippen molar-refractivity contribution in [1.29, 1.82) is 0 Å². The van der Waals surface area contributed by atoms with Gasteiger partial charge in [0.25, 0.3) is 0 Å². The van der Waals surface area contributed by atoms with Crippen LogP contribution in [-0.2, 0) is 0 Å². The zero-order valence-electron chi connectivity index (χ0n) is 16.3. The lowest BCUT2D eigenvalue weighted by atomic mass is 9.77. The molecule has 0 N–H and O–H groups in total. The van der Waals surface area contributed by atoms with E-state index in [-0.39, 0.29) is 23.5 Å². The number of halogens is 3. The molecule has 0 unspecified atom stereocenters. The Morgan fingerprint density at radius 3 is 2.36 bits per heavy atom. The summed E-state index contributed by atoms with van der Waals surface area (Å²) in [5, 5.41) is 0. The van der Waals surface area contributed by atoms with Gasteiger partial charge in [-0.2, -0.15) is 4.39 Å². The number of hydrogen-bond donors (Lipinski definition) is 0. The minimum absolute atomic E-state index is 0.0721. The lowest BCUT2D eigenvalue weighted by Crippen LogP contribution is -2.13. The van der Waals surface area contributed by atoms with Crippen LogP contribution in [0, 0.1) is 23.4 Å². The summed E-state index contributed by atoms with van der Waals surface area (Å²) in [7, 11) is 0. The van der Waals surface area contributed by atoms with Crippen LogP contribution >= 0.6 is 0 Å². The monoisotopic (exact) mass is 388 g/mol. The van der Waals surface area contributed by atoms with E-state index in [1.807, 2.05) is 12.1 Å². The highest BCUT2D eigenvalue weighted by atomic mass is 19.2. The Labute approximate surface area is 165 Å². The second kappa shape index (κ2) is 9.31. The van der Waals surface area contributed by atoms with Crippen molar-refractivity contribution in [2.24, 2.45) is 5.92 Å². The van der Waals surface area contributed by atoms with Crippen LogP contribution in [0.25, 0.3) is 11.1 Å². The van der Waals surface area contributed by atoms with Gasteiger partial charge in [0.05, 0.1) is 6.61 Å². The fourth-order valence-corrected chi connectivity index (χ4v) is 4.15. The minimum atomic E-state index is -1.08. The number of allylic oxidation sites excluding steroid dienone is 1. The Kier molecular flexibility index (Phi) is 6.82. The van der Waals surface area contributed by atoms with Gasteiger partial charge in [0.1, 0.15) is 5.82 Å². The summed E-state index contributed by atoms with van der Waals surface area (Å²) in [5.41, 5.74) is 0.927. The third kappa shape index (κ3) is 4.43. The molecule has 1 saturated carbocycles. The molecule has 150 valence electrons. The number of ether oxygens (including phenoxy) is 1. The van der Waals surface area contributed by atoms with Gasteiger partial charge >= 0.3 is 0 Å². The molecule has 0 spiro atoms. The van der Waals surface area contributed by atoms with E-state index in [0.717, 1.165) is 43.6 Å². The van der Waals surface area contributed by atoms with E-state index < -0.39 is 17.5 Å². The van der Waals surface area contributed by atoms with Gasteiger partial charge in [-0.3, -0.25) is 0 Å². The van der Waals surface area contributed by atoms with Gasteiger partial charge in [-0.25, -0.2) is 8.78 Å². The van der Waals surface area contributed by atoms with E-state index in [0.29, 0.717) is 5.92 Å². The fraction of sp³-hybridized carbons (Fsp3) is 0.417. The Morgan fingerprint density at radius 1 is 1.00 bits per heavy atom. The van der Waals surface area contributed by atoms with Gasteiger partial charge in [-0.15, -0.1) is 6.58 Å². The summed E-state index contributed by atoms with van der Waals surface area (Å²) in [5.74, 6) is -1.80. The standard InChI is InChI=1S/C24H27F3O/c1-3-5-6-16-7-9-17(10-8-16)18-11-12-19(21(25)15-18)20-13-14-22(28-4-2)24(27)23(20)26/h3,11-17H,1,4-10H2,2H3. The quantitative estimate of drug-likeness (QED) is 0.449. The van der Waals surface area contributed by atoms with Crippen molar-refractivity contribution in [2.75, 3.05) is 6.61 Å². The van der Waals surface area contributed by atoms with E-state index >= 15 is 0 Å². The van der Waals surface area contributed by atoms with E-state index in [9.17, 15) is 13.2 Å². The Balaban J connectivity index is 1.77. The first-order chi connectivity index (χ1) is 13.5. The average Bonchev–Trinajstić information content (AvgIpc) is 2.71. The molecule has 4 heteroatoms. The third-order valence-corrected chi connectivity index (χ3v) is 5.73. The molecule has 0 atom stereocenters. The molecule has 3 rings (SSSR count). The van der Waals surface area contributed by atoms with Crippen molar-refractivity contribution < 1.29 is 17.9 Å². The molecular formula is C24H27F3O. The summed E-state index contributed by atoms with van der Waals surface area (Å²) in [6, 6.07) is 7.60. The van der Waals surface area contributed by atoms with E-state index in [1.54, 1.807) is 13.0 Å². The molecule has 2 aromatic rings. The highest BCUT2D eigenvalue weighted by Crippen LogP contribution is 2.39. The molecule has 2 aromatic carbocycles. The number of hydrogen-bond acceptors (Lipinski definition) is 1. The van der Waals surface area contributed by atoms with E-state index in [2.05, 4.69) is 6.58 Å². The SMILES string of the molecule is C=CCCC1CCC(c2ccc(-c3ccc(OCC)c(F)c3F)c(F)c2)CC1. The molecule has 0 heterocycles. The van der Waals surface area contributed by atoms with Crippen LogP contribution in [0.1, 0.15) is 56.9 Å². The summed E-state index contributed by atoms with van der Waals surface area (Å²) in [6.45, 7) is 5.70. The Hall–Kier alpha value is -2.23. The molecule has 1 aliphatic rings. The molecule has 1 aliphatic carbocycles. The molecule has 0 aliphatic heterocycles. The predicted octanol–water partition coefficient (Wildman–Crippen LogP) is 7.41. The molecule has 0 radical (unpaired) electrons. The average molecular weight is 388 g/mol. The smallest absolute Gasteiger partial charge is 0.201 e. The van der Waals surface area contributed by atoms with Gasteiger partial charge in [-0.1, -0.05) is 18.2 Å². The summed E-state index contributed by atoms with van der Waals surface area (Å²) in [6.07, 6.45) is 8.53. The maximum Gasteiger partial charge on any atom is 0.201 e. The van der Waals surface area contributed by atoms with Crippen LogP contribution < -0.4 is 4.74 Å². The lowest BCUT2D eigenvalue weighted by Gasteiger charge is -2.28. The second-order valence-corrected chi connectivity index (χ2v) is 7.50. The highest BCUT2D eigenvalue weighted by molar-refractivity contribution is 5.66. The molecule has 0 aromatic heterocycles. The highest BCUT2D eigenvalue weighted by Gasteiger charge is 2.24. The molecule has 28 heavy (non-hydrogen) atoms. The van der Waals surface area contributed by atoms with Crippen molar-refractivity contribution >= 4 is 0 Å². The largest absolute Gasteiger partial charge is 0.491 e. The van der Waals surface area contributed by atoms with Crippen molar-refractivity contribution in [2.45, 2.75) is 51.4 Å². The van der Waals surface area contributed by atoms with Crippen LogP contribution in [0.3, 0.4) is 0 Å². The van der Waals surface area contributed by atoms with Gasteiger partial charge in [0, 0.05) is 11.1 Å². The first kappa shape index (κ1) is 20.5. The molecule has 1 nitrogen and oxygen atoms in total. The topological polar surface area (TPSA) is 9.23 Å². The number of benzene rings is 2. The summed E-state index contributed by atoms with van der Waals surface area (Å²) < 4.78 is 48.4. The number of rotatable bonds is 7. The van der Waals surface area contributed by atoms with Crippen LogP contribution in [0.2, 0.25) is 0 Å². The maximum atomic E-state index is 14.8. The normalized spacial score (nSPS) is 19.4. The van der Waals surface area contributed by atoms with Gasteiger partial charge in [0.2, 0.25) is 5.82 Å². The van der Waals surface area contributed by atoms with Crippen LogP contribution in [0.15, 0.2) is 43.0 Å². The molecule has 0 amide bonds. The van der Waals surface area contributed by atoms with Crippen molar-refractivity contribution in [3.8, 4) is 16.9 Å². The molecule has 1 fully saturated rings. The van der Waals surface area contributed by atoms with Crippen molar-refractivity contribution in [1.82, 2.24) is 0 Å². The minimum Gasteiger partial charge on any atom is -0.491 e. The maximum absolute atomic E-state index is 14.8. The van der Waals surface area contributed by atoms with Gasteiger partial charge < -0.3 is 4.74 Å². The summed E-state index contributed by atoms with van der Waals surface area (Å²) in [4.78, 5) is 0. The molecule has 0 saturated heterocycles. The van der Waals surface area contributed by atoms with Crippen LogP contribution in [-0.4, -0.2) is 6.61 Å². The van der Waals surface area contributed by atoms with Gasteiger partial charge in [-0.05, 0) is 81.0 Å². The fourth-order valence-electron chi connectivity index (χ4n) is 4.15. The third-order valence-electron chi connectivity index (χ3n) is 5.73. The first-order valence-electron chi connectivity index (χ1n) is 10.1. The van der Waals surface area contributed by atoms with Crippen LogP contribution in [0.5, 0.6) is 5.75 Å². The van der Waals surface area contributed by atoms with E-state index in [4.69, 9.17) is 4.74 Å². The van der Waals surface area contributed by atoms with E-state index in [1.165, 1.54) is 24.6 Å². The zero-order valence-corrected chi connectivity index (χ0v) is 16.3. The molecule has 0 bridgehead atoms. The Bertz CT molecular complexity index is 823.